The first-order valence-electron chi connectivity index (χ1n) is 5.74. The van der Waals surface area contributed by atoms with Crippen LogP contribution in [-0.4, -0.2) is 23.8 Å². The van der Waals surface area contributed by atoms with E-state index in [0.29, 0.717) is 0 Å². The van der Waals surface area contributed by atoms with E-state index in [2.05, 4.69) is 13.0 Å². The minimum Gasteiger partial charge on any atom is -0.480 e. The highest BCUT2D eigenvalue weighted by atomic mass is 16.5. The third-order valence-corrected chi connectivity index (χ3v) is 1.63. The summed E-state index contributed by atoms with van der Waals surface area (Å²) in [5, 5.41) is 8.36. The number of allylic oxidation sites excluding steroid dienone is 3. The lowest BCUT2D eigenvalue weighted by Crippen LogP contribution is -2.12. The Labute approximate surface area is 98.8 Å². The number of hydrogen-bond donors (Lipinski definition) is 1. The van der Waals surface area contributed by atoms with E-state index >= 15 is 0 Å². The Balaban J connectivity index is 0. The summed E-state index contributed by atoms with van der Waals surface area (Å²) in [6.45, 7) is 9.65. The maximum absolute atomic E-state index is 10.2. The van der Waals surface area contributed by atoms with Gasteiger partial charge < -0.3 is 9.84 Å². The van der Waals surface area contributed by atoms with Crippen molar-refractivity contribution in [3.05, 3.63) is 23.8 Å². The monoisotopic (exact) mass is 228 g/mol. The fourth-order valence-corrected chi connectivity index (χ4v) is 0.936. The van der Waals surface area contributed by atoms with Crippen LogP contribution in [0.4, 0.5) is 0 Å². The lowest BCUT2D eigenvalue weighted by molar-refractivity contribution is -0.143. The minimum atomic E-state index is -0.939. The SMILES string of the molecule is CC.CC/C=C(C)\C=C/C(C)OCC(=O)O. The Morgan fingerprint density at radius 3 is 2.44 bits per heavy atom. The Bertz CT molecular complexity index is 229. The predicted molar refractivity (Wildman–Crippen MR) is 67.6 cm³/mol. The highest BCUT2D eigenvalue weighted by Crippen LogP contribution is 2.00. The number of carbonyl (C=O) groups is 1. The molecule has 0 heterocycles. The predicted octanol–water partition coefficient (Wildman–Crippen LogP) is 3.41. The lowest BCUT2D eigenvalue weighted by Gasteiger charge is -2.05. The van der Waals surface area contributed by atoms with Crippen molar-refractivity contribution in [3.8, 4) is 0 Å². The topological polar surface area (TPSA) is 46.5 Å². The average molecular weight is 228 g/mol. The van der Waals surface area contributed by atoms with Gasteiger partial charge in [-0.3, -0.25) is 0 Å². The molecule has 0 aromatic rings. The van der Waals surface area contributed by atoms with Crippen molar-refractivity contribution in [3.63, 3.8) is 0 Å². The van der Waals surface area contributed by atoms with Crippen LogP contribution < -0.4 is 0 Å². The van der Waals surface area contributed by atoms with Gasteiger partial charge in [0.05, 0.1) is 6.10 Å². The van der Waals surface area contributed by atoms with Crippen molar-refractivity contribution in [2.24, 2.45) is 0 Å². The van der Waals surface area contributed by atoms with Gasteiger partial charge in [-0.25, -0.2) is 4.79 Å². The van der Waals surface area contributed by atoms with Crippen LogP contribution in [0.1, 0.15) is 41.0 Å². The molecule has 94 valence electrons. The fraction of sp³-hybridized carbons (Fsp3) is 0.615. The number of carboxylic acid groups (broad SMARTS) is 1. The van der Waals surface area contributed by atoms with Crippen molar-refractivity contribution in [2.75, 3.05) is 6.61 Å². The molecule has 3 nitrogen and oxygen atoms in total. The molecule has 0 aliphatic heterocycles. The standard InChI is InChI=1S/C11H18O3.C2H6/c1-4-5-9(2)6-7-10(3)14-8-11(12)13;1-2/h5-7,10H,4,8H2,1-3H3,(H,12,13);1-2H3/b7-6-,9-5-;. The van der Waals surface area contributed by atoms with E-state index in [1.165, 1.54) is 5.57 Å². The van der Waals surface area contributed by atoms with E-state index in [9.17, 15) is 4.79 Å². The van der Waals surface area contributed by atoms with Crippen LogP contribution in [0.3, 0.4) is 0 Å². The van der Waals surface area contributed by atoms with Crippen molar-refractivity contribution >= 4 is 5.97 Å². The average Bonchev–Trinajstić information content (AvgIpc) is 2.26. The second kappa shape index (κ2) is 12.0. The van der Waals surface area contributed by atoms with Crippen LogP contribution >= 0.6 is 0 Å². The molecule has 0 aromatic heterocycles. The molecular weight excluding hydrogens is 204 g/mol. The van der Waals surface area contributed by atoms with Gasteiger partial charge in [-0.15, -0.1) is 0 Å². The summed E-state index contributed by atoms with van der Waals surface area (Å²) in [4.78, 5) is 10.2. The smallest absolute Gasteiger partial charge is 0.329 e. The number of hydrogen-bond acceptors (Lipinski definition) is 2. The van der Waals surface area contributed by atoms with E-state index in [0.717, 1.165) is 6.42 Å². The third kappa shape index (κ3) is 12.9. The van der Waals surface area contributed by atoms with Crippen LogP contribution in [0.25, 0.3) is 0 Å². The van der Waals surface area contributed by atoms with E-state index in [1.807, 2.05) is 39.8 Å². The van der Waals surface area contributed by atoms with Crippen LogP contribution in [0.2, 0.25) is 0 Å². The molecule has 0 aromatic carbocycles. The van der Waals surface area contributed by atoms with Gasteiger partial charge in [-0.05, 0) is 20.3 Å². The van der Waals surface area contributed by atoms with Gasteiger partial charge in [0.25, 0.3) is 0 Å². The number of aliphatic carboxylic acids is 1. The second-order valence-electron chi connectivity index (χ2n) is 3.13. The van der Waals surface area contributed by atoms with Crippen LogP contribution in [0.5, 0.6) is 0 Å². The highest BCUT2D eigenvalue weighted by Gasteiger charge is 2.00. The number of rotatable bonds is 6. The summed E-state index contributed by atoms with van der Waals surface area (Å²) >= 11 is 0. The maximum atomic E-state index is 10.2. The molecule has 0 aliphatic carbocycles. The maximum Gasteiger partial charge on any atom is 0.329 e. The highest BCUT2D eigenvalue weighted by molar-refractivity contribution is 5.68. The summed E-state index contributed by atoms with van der Waals surface area (Å²) in [5.41, 5.74) is 1.17. The number of ether oxygens (including phenoxy) is 1. The second-order valence-corrected chi connectivity index (χ2v) is 3.13. The number of carboxylic acids is 1. The Morgan fingerprint density at radius 2 is 2.00 bits per heavy atom. The summed E-state index contributed by atoms with van der Waals surface area (Å²) in [6.07, 6.45) is 6.73. The molecule has 1 unspecified atom stereocenters. The Hall–Kier alpha value is -1.09. The third-order valence-electron chi connectivity index (χ3n) is 1.63. The van der Waals surface area contributed by atoms with Gasteiger partial charge in [-0.2, -0.15) is 0 Å². The summed E-state index contributed by atoms with van der Waals surface area (Å²) in [7, 11) is 0. The molecule has 0 aliphatic rings. The van der Waals surface area contributed by atoms with Gasteiger partial charge in [-0.1, -0.05) is 44.6 Å². The molecule has 1 atom stereocenters. The molecule has 16 heavy (non-hydrogen) atoms. The van der Waals surface area contributed by atoms with Crippen LogP contribution in [-0.2, 0) is 9.53 Å². The van der Waals surface area contributed by atoms with E-state index in [4.69, 9.17) is 9.84 Å². The molecule has 0 radical (unpaired) electrons. The van der Waals surface area contributed by atoms with Crippen molar-refractivity contribution in [1.82, 2.24) is 0 Å². The van der Waals surface area contributed by atoms with E-state index in [1.54, 1.807) is 0 Å². The molecule has 0 saturated carbocycles. The molecule has 1 N–H and O–H groups in total. The largest absolute Gasteiger partial charge is 0.480 e. The summed E-state index contributed by atoms with van der Waals surface area (Å²) in [6, 6.07) is 0. The molecular formula is C13H24O3. The first-order valence-corrected chi connectivity index (χ1v) is 5.74. The summed E-state index contributed by atoms with van der Waals surface area (Å²) in [5.74, 6) is -0.939. The van der Waals surface area contributed by atoms with Crippen molar-refractivity contribution < 1.29 is 14.6 Å². The van der Waals surface area contributed by atoms with Crippen molar-refractivity contribution in [1.29, 1.82) is 0 Å². The lowest BCUT2D eigenvalue weighted by atomic mass is 10.2. The van der Waals surface area contributed by atoms with Gasteiger partial charge in [0, 0.05) is 0 Å². The Morgan fingerprint density at radius 1 is 1.44 bits per heavy atom. The summed E-state index contributed by atoms with van der Waals surface area (Å²) < 4.78 is 5.02. The zero-order chi connectivity index (χ0) is 13.0. The molecule has 0 rings (SSSR count). The van der Waals surface area contributed by atoms with Crippen LogP contribution in [0.15, 0.2) is 23.8 Å². The van der Waals surface area contributed by atoms with Crippen LogP contribution in [0, 0.1) is 0 Å². The molecule has 0 spiro atoms. The molecule has 0 saturated heterocycles. The minimum absolute atomic E-state index is 0.161. The first-order chi connectivity index (χ1) is 7.56. The molecule has 0 amide bonds. The van der Waals surface area contributed by atoms with Gasteiger partial charge in [0.1, 0.15) is 6.61 Å². The quantitative estimate of drug-likeness (QED) is 0.709. The normalized spacial score (nSPS) is 13.2. The first kappa shape index (κ1) is 17.3. The fourth-order valence-electron chi connectivity index (χ4n) is 0.936. The molecule has 0 fully saturated rings. The Kier molecular flexibility index (Phi) is 13.0. The zero-order valence-electron chi connectivity index (χ0n) is 11.0. The molecule has 0 bridgehead atoms. The van der Waals surface area contributed by atoms with Gasteiger partial charge >= 0.3 is 5.97 Å². The zero-order valence-corrected chi connectivity index (χ0v) is 11.0. The molecule has 3 heteroatoms. The van der Waals surface area contributed by atoms with Crippen molar-refractivity contribution in [2.45, 2.75) is 47.1 Å². The van der Waals surface area contributed by atoms with Gasteiger partial charge in [0.15, 0.2) is 0 Å². The van der Waals surface area contributed by atoms with E-state index < -0.39 is 5.97 Å². The van der Waals surface area contributed by atoms with E-state index in [-0.39, 0.29) is 12.7 Å². The van der Waals surface area contributed by atoms with Gasteiger partial charge in [0.2, 0.25) is 0 Å².